The van der Waals surface area contributed by atoms with Crippen LogP contribution in [-0.4, -0.2) is 73.7 Å². The molecule has 0 radical (unpaired) electrons. The average molecular weight is 730 g/mol. The van der Waals surface area contributed by atoms with Crippen LogP contribution in [0.5, 0.6) is 0 Å². The van der Waals surface area contributed by atoms with Crippen LogP contribution in [-0.2, 0) is 15.6 Å². The van der Waals surface area contributed by atoms with Crippen molar-refractivity contribution in [1.82, 2.24) is 29.0 Å². The van der Waals surface area contributed by atoms with Gasteiger partial charge in [-0.25, -0.2) is 26.8 Å². The molecular formula is C33H31ClF3N7O3S2. The first-order valence-electron chi connectivity index (χ1n) is 15.9. The van der Waals surface area contributed by atoms with Crippen molar-refractivity contribution in [2.75, 3.05) is 25.4 Å². The van der Waals surface area contributed by atoms with Crippen molar-refractivity contribution in [2.24, 2.45) is 22.7 Å². The number of piperidine rings is 1. The summed E-state index contributed by atoms with van der Waals surface area (Å²) >= 11 is 7.92. The van der Waals surface area contributed by atoms with Gasteiger partial charge in [0.1, 0.15) is 17.5 Å². The van der Waals surface area contributed by atoms with E-state index in [9.17, 15) is 26.7 Å². The summed E-state index contributed by atoms with van der Waals surface area (Å²) in [7, 11) is -3.79. The van der Waals surface area contributed by atoms with Crippen LogP contribution in [0.15, 0.2) is 77.1 Å². The molecule has 0 amide bonds. The number of hydrogen-bond acceptors (Lipinski definition) is 9. The summed E-state index contributed by atoms with van der Waals surface area (Å²) in [5.74, 6) is -1.18. The number of allylic oxidation sites excluding steroid dienone is 1. The number of nitrogens with zero attached hydrogens (tertiary/aromatic N) is 7. The summed E-state index contributed by atoms with van der Waals surface area (Å²) in [5, 5.41) is 18.5. The minimum atomic E-state index is -3.79. The molecule has 8 rings (SSSR count). The zero-order valence-corrected chi connectivity index (χ0v) is 28.3. The van der Waals surface area contributed by atoms with Crippen LogP contribution in [0.25, 0.3) is 5.57 Å². The first-order valence-corrected chi connectivity index (χ1v) is 18.8. The normalized spacial score (nSPS) is 27.2. The number of hydrogen-bond donors (Lipinski definition) is 1. The predicted octanol–water partition coefficient (Wildman–Crippen LogP) is 5.72. The molecule has 256 valence electrons. The van der Waals surface area contributed by atoms with E-state index in [1.54, 1.807) is 29.9 Å². The van der Waals surface area contributed by atoms with Gasteiger partial charge in [-0.1, -0.05) is 23.7 Å². The number of aliphatic hydroxyl groups is 1. The van der Waals surface area contributed by atoms with Gasteiger partial charge in [0.25, 0.3) is 0 Å². The fourth-order valence-corrected chi connectivity index (χ4v) is 10.7. The maximum atomic E-state index is 14.2. The van der Waals surface area contributed by atoms with Crippen molar-refractivity contribution in [3.05, 3.63) is 105 Å². The van der Waals surface area contributed by atoms with Gasteiger partial charge in [0.2, 0.25) is 10.0 Å². The molecule has 4 aliphatic rings. The van der Waals surface area contributed by atoms with Crippen LogP contribution in [0, 0.1) is 23.6 Å². The summed E-state index contributed by atoms with van der Waals surface area (Å²) in [5.41, 5.74) is 1.24. The molecule has 2 saturated heterocycles. The smallest absolute Gasteiger partial charge is 0.333 e. The van der Waals surface area contributed by atoms with E-state index in [2.05, 4.69) is 15.1 Å². The van der Waals surface area contributed by atoms with Crippen LogP contribution in [0.1, 0.15) is 53.8 Å². The topological polar surface area (TPSA) is 117 Å². The Kier molecular flexibility index (Phi) is 8.18. The van der Waals surface area contributed by atoms with Crippen molar-refractivity contribution >= 4 is 44.4 Å². The van der Waals surface area contributed by atoms with Gasteiger partial charge >= 0.3 is 6.55 Å². The molecule has 49 heavy (non-hydrogen) atoms. The largest absolute Gasteiger partial charge is 0.383 e. The molecule has 2 unspecified atom stereocenters. The van der Waals surface area contributed by atoms with Crippen molar-refractivity contribution in [2.45, 2.75) is 37.5 Å². The van der Waals surface area contributed by atoms with Crippen molar-refractivity contribution in [1.29, 1.82) is 0 Å². The lowest BCUT2D eigenvalue weighted by molar-refractivity contribution is -0.0775. The highest BCUT2D eigenvalue weighted by molar-refractivity contribution is 7.89. The molecule has 3 aromatic heterocycles. The zero-order chi connectivity index (χ0) is 34.1. The van der Waals surface area contributed by atoms with Crippen molar-refractivity contribution in [3.8, 4) is 0 Å². The SMILES string of the molecule is O=S(=O)(C[C@H]1CC2=C(c3ccn(C(F)F)n3)[C@H](c3ccc(F)cc3Cl)N=C(c3nccs3)N2C1)N1CC2CC[C@@H](C1)C2(O)c1ccccn1. The van der Waals surface area contributed by atoms with E-state index in [0.717, 1.165) is 0 Å². The number of pyridine rings is 1. The second-order valence-corrected chi connectivity index (χ2v) is 16.3. The van der Waals surface area contributed by atoms with E-state index in [0.29, 0.717) is 50.9 Å². The third-order valence-corrected chi connectivity index (χ3v) is 13.3. The summed E-state index contributed by atoms with van der Waals surface area (Å²) in [6.45, 7) is -2.21. The number of fused-ring (bicyclic) bond motifs is 3. The first kappa shape index (κ1) is 32.6. The highest BCUT2D eigenvalue weighted by Crippen LogP contribution is 2.52. The Balaban J connectivity index is 1.15. The van der Waals surface area contributed by atoms with Gasteiger partial charge in [0.15, 0.2) is 10.8 Å². The average Bonchev–Trinajstić information content (AvgIpc) is 3.87. The van der Waals surface area contributed by atoms with E-state index in [-0.39, 0.29) is 54.4 Å². The maximum Gasteiger partial charge on any atom is 0.333 e. The number of halogens is 4. The minimum Gasteiger partial charge on any atom is -0.383 e. The molecule has 5 atom stereocenters. The van der Waals surface area contributed by atoms with E-state index in [1.165, 1.54) is 46.1 Å². The molecule has 3 fully saturated rings. The number of amidine groups is 1. The van der Waals surface area contributed by atoms with Gasteiger partial charge in [-0.3, -0.25) is 9.98 Å². The monoisotopic (exact) mass is 729 g/mol. The number of thiazole rings is 1. The van der Waals surface area contributed by atoms with Crippen LogP contribution < -0.4 is 0 Å². The third-order valence-electron chi connectivity index (χ3n) is 10.2. The highest BCUT2D eigenvalue weighted by atomic mass is 35.5. The molecule has 16 heteroatoms. The van der Waals surface area contributed by atoms with E-state index in [4.69, 9.17) is 16.6 Å². The van der Waals surface area contributed by atoms with E-state index < -0.39 is 40.0 Å². The van der Waals surface area contributed by atoms with Gasteiger partial charge in [-0.05, 0) is 55.5 Å². The molecule has 6 heterocycles. The van der Waals surface area contributed by atoms with Gasteiger partial charge in [0, 0.05) is 77.3 Å². The Hall–Kier alpha value is -3.63. The molecule has 3 aliphatic heterocycles. The first-order chi connectivity index (χ1) is 23.5. The molecule has 1 aliphatic carbocycles. The molecular weight excluding hydrogens is 699 g/mol. The number of aromatic nitrogens is 4. The molecule has 1 saturated carbocycles. The summed E-state index contributed by atoms with van der Waals surface area (Å²) in [4.78, 5) is 15.8. The van der Waals surface area contributed by atoms with Crippen LogP contribution in [0.2, 0.25) is 5.02 Å². The Morgan fingerprint density at radius 1 is 1.06 bits per heavy atom. The fourth-order valence-electron chi connectivity index (χ4n) is 7.99. The number of aliphatic imine (C=N–C) groups is 1. The maximum absolute atomic E-state index is 14.2. The van der Waals surface area contributed by atoms with Gasteiger partial charge in [-0.2, -0.15) is 13.9 Å². The molecule has 1 aromatic carbocycles. The van der Waals surface area contributed by atoms with Crippen molar-refractivity contribution in [3.63, 3.8) is 0 Å². The van der Waals surface area contributed by atoms with Gasteiger partial charge < -0.3 is 10.0 Å². The quantitative estimate of drug-likeness (QED) is 0.247. The fraction of sp³-hybridized carbons (Fsp3) is 0.394. The Morgan fingerprint density at radius 3 is 2.51 bits per heavy atom. The second-order valence-electron chi connectivity index (χ2n) is 13.0. The summed E-state index contributed by atoms with van der Waals surface area (Å²) in [6.07, 6.45) is 6.14. The lowest BCUT2D eigenvalue weighted by Crippen LogP contribution is -2.54. The predicted molar refractivity (Wildman–Crippen MR) is 178 cm³/mol. The van der Waals surface area contributed by atoms with Crippen molar-refractivity contribution < 1.29 is 26.7 Å². The Labute approximate surface area is 289 Å². The number of benzene rings is 1. The zero-order valence-electron chi connectivity index (χ0n) is 25.9. The van der Waals surface area contributed by atoms with E-state index >= 15 is 0 Å². The summed E-state index contributed by atoms with van der Waals surface area (Å²) < 4.78 is 71.9. The standard InChI is InChI=1S/C33H31ClF3N7O3S2/c34-24-14-22(35)6-7-23(24)29-28(25-8-11-44(41-25)32(36)37)26-13-19(15-43(26)30(40-29)31-39-10-12-48-31)18-49(46,47)42-16-20-4-5-21(17-42)33(20,45)27-3-1-2-9-38-27/h1-3,6-12,14,19-21,29,32,45H,4-5,13,15-18H2/t19-,20-,21?,29-,33?/m0/s1. The third kappa shape index (κ3) is 5.59. The minimum absolute atomic E-state index is 0.106. The number of sulfonamides is 1. The molecule has 0 spiro atoms. The Bertz CT molecular complexity index is 2050. The van der Waals surface area contributed by atoms with Crippen LogP contribution in [0.3, 0.4) is 0 Å². The van der Waals surface area contributed by atoms with Gasteiger partial charge in [-0.15, -0.1) is 11.3 Å². The number of alkyl halides is 2. The molecule has 2 bridgehead atoms. The van der Waals surface area contributed by atoms with Crippen LogP contribution in [0.4, 0.5) is 13.2 Å². The number of rotatable bonds is 8. The lowest BCUT2D eigenvalue weighted by atomic mass is 9.78. The van der Waals surface area contributed by atoms with E-state index in [1.807, 2.05) is 11.0 Å². The van der Waals surface area contributed by atoms with Gasteiger partial charge in [0.05, 0.1) is 17.1 Å². The summed E-state index contributed by atoms with van der Waals surface area (Å²) in [6, 6.07) is 9.98. The molecule has 1 N–H and O–H groups in total. The molecule has 10 nitrogen and oxygen atoms in total. The lowest BCUT2D eigenvalue weighted by Gasteiger charge is -2.43. The highest BCUT2D eigenvalue weighted by Gasteiger charge is 2.56. The second kappa shape index (κ2) is 12.3. The van der Waals surface area contributed by atoms with Crippen LogP contribution >= 0.6 is 22.9 Å². The Morgan fingerprint density at radius 2 is 1.86 bits per heavy atom. The molecule has 4 aromatic rings.